The van der Waals surface area contributed by atoms with E-state index in [0.29, 0.717) is 11.3 Å². The van der Waals surface area contributed by atoms with Crippen molar-refractivity contribution in [3.05, 3.63) is 93.5 Å². The molecule has 4 aromatic rings. The second kappa shape index (κ2) is 6.37. The summed E-state index contributed by atoms with van der Waals surface area (Å²) in [6, 6.07) is 15.7. The van der Waals surface area contributed by atoms with Crippen LogP contribution in [0, 0.1) is 11.3 Å². The lowest BCUT2D eigenvalue weighted by Crippen LogP contribution is -2.21. The van der Waals surface area contributed by atoms with Gasteiger partial charge in [0.1, 0.15) is 0 Å². The average molecular weight is 417 g/mol. The molecule has 0 amide bonds. The third kappa shape index (κ3) is 2.74. The van der Waals surface area contributed by atoms with Gasteiger partial charge >= 0.3 is 6.18 Å². The van der Waals surface area contributed by atoms with Crippen molar-refractivity contribution in [3.8, 4) is 22.9 Å². The van der Waals surface area contributed by atoms with Crippen molar-refractivity contribution < 1.29 is 18.0 Å². The number of nitrogens with zero attached hydrogens (tertiary/aromatic N) is 3. The minimum Gasteiger partial charge on any atom is -0.285 e. The van der Waals surface area contributed by atoms with E-state index in [-0.39, 0.29) is 39.2 Å². The van der Waals surface area contributed by atoms with Crippen molar-refractivity contribution in [3.63, 3.8) is 0 Å². The zero-order valence-corrected chi connectivity index (χ0v) is 15.6. The normalized spacial score (nSPS) is 12.5. The molecule has 1 aliphatic heterocycles. The molecule has 0 atom stereocenters. The molecule has 5 nitrogen and oxygen atoms in total. The molecule has 1 aromatic heterocycles. The van der Waals surface area contributed by atoms with Crippen molar-refractivity contribution in [2.24, 2.45) is 0 Å². The molecule has 0 saturated heterocycles. The van der Waals surface area contributed by atoms with Crippen LogP contribution in [0.5, 0.6) is 0 Å². The van der Waals surface area contributed by atoms with Crippen LogP contribution in [0.2, 0.25) is 0 Å². The Kier molecular flexibility index (Phi) is 3.86. The molecule has 2 heterocycles. The predicted octanol–water partition coefficient (Wildman–Crippen LogP) is 4.49. The Bertz CT molecular complexity index is 1530. The molecule has 0 radical (unpaired) electrons. The van der Waals surface area contributed by atoms with Gasteiger partial charge in [-0.05, 0) is 47.5 Å². The quantitative estimate of drug-likeness (QED) is 0.403. The Balaban J connectivity index is 1.78. The van der Waals surface area contributed by atoms with Crippen LogP contribution in [0.1, 0.15) is 27.3 Å². The summed E-state index contributed by atoms with van der Waals surface area (Å²) in [7, 11) is 0. The summed E-state index contributed by atoms with van der Waals surface area (Å²) >= 11 is 0. The summed E-state index contributed by atoms with van der Waals surface area (Å²) in [5, 5.41) is 9.05. The molecular weight excluding hydrogens is 407 g/mol. The maximum absolute atomic E-state index is 13.6. The molecule has 1 aliphatic rings. The highest BCUT2D eigenvalue weighted by Gasteiger charge is 2.34. The largest absolute Gasteiger partial charge is 0.417 e. The first-order chi connectivity index (χ1) is 14.8. The standard InChI is InChI=1S/C23H10F3N3O2/c24-23(25,26)17-9-12(11-27)5-7-14(17)13-6-8-18-16(10-13)22(31)29-19-4-2-1-3-15(19)20(30)21(29)28-18/h1-10H. The van der Waals surface area contributed by atoms with Gasteiger partial charge in [-0.1, -0.05) is 24.3 Å². The number of halogens is 3. The minimum atomic E-state index is -4.69. The first-order valence-electron chi connectivity index (χ1n) is 9.12. The monoisotopic (exact) mass is 417 g/mol. The van der Waals surface area contributed by atoms with Gasteiger partial charge in [0.2, 0.25) is 5.78 Å². The highest BCUT2D eigenvalue weighted by molar-refractivity contribution is 6.13. The Morgan fingerprint density at radius 1 is 0.935 bits per heavy atom. The maximum atomic E-state index is 13.6. The number of hydrogen-bond acceptors (Lipinski definition) is 4. The molecule has 0 saturated carbocycles. The number of carbonyl (C=O) groups is 1. The van der Waals surface area contributed by atoms with Gasteiger partial charge in [-0.25, -0.2) is 4.98 Å². The number of rotatable bonds is 1. The van der Waals surface area contributed by atoms with Crippen molar-refractivity contribution in [2.75, 3.05) is 0 Å². The van der Waals surface area contributed by atoms with E-state index < -0.39 is 17.3 Å². The topological polar surface area (TPSA) is 75.8 Å². The Morgan fingerprint density at radius 2 is 1.71 bits per heavy atom. The van der Waals surface area contributed by atoms with Gasteiger partial charge in [-0.15, -0.1) is 0 Å². The second-order valence-corrected chi connectivity index (χ2v) is 7.02. The van der Waals surface area contributed by atoms with Gasteiger partial charge in [0.25, 0.3) is 5.56 Å². The molecule has 0 fully saturated rings. The molecule has 31 heavy (non-hydrogen) atoms. The SMILES string of the molecule is N#Cc1ccc(-c2ccc3nc4n(c(=O)c3c2)-c2ccccc2C4=O)c(C(F)(F)F)c1. The maximum Gasteiger partial charge on any atom is 0.417 e. The lowest BCUT2D eigenvalue weighted by molar-refractivity contribution is -0.137. The lowest BCUT2D eigenvalue weighted by atomic mass is 9.96. The fourth-order valence-corrected chi connectivity index (χ4v) is 3.81. The molecule has 0 spiro atoms. The summed E-state index contributed by atoms with van der Waals surface area (Å²) in [6.07, 6.45) is -4.69. The van der Waals surface area contributed by atoms with E-state index >= 15 is 0 Å². The van der Waals surface area contributed by atoms with Gasteiger partial charge in [-0.3, -0.25) is 14.2 Å². The molecule has 150 valence electrons. The van der Waals surface area contributed by atoms with E-state index in [1.54, 1.807) is 30.3 Å². The molecule has 0 aliphatic carbocycles. The minimum absolute atomic E-state index is 0.0270. The second-order valence-electron chi connectivity index (χ2n) is 7.02. The number of ketones is 1. The van der Waals surface area contributed by atoms with E-state index in [1.807, 2.05) is 0 Å². The van der Waals surface area contributed by atoms with Crippen LogP contribution in [0.15, 0.2) is 65.5 Å². The Morgan fingerprint density at radius 3 is 2.45 bits per heavy atom. The molecular formula is C23H10F3N3O2. The number of carbonyl (C=O) groups excluding carboxylic acids is 1. The highest BCUT2D eigenvalue weighted by Crippen LogP contribution is 2.38. The summed E-state index contributed by atoms with van der Waals surface area (Å²) in [5.74, 6) is -0.411. The molecule has 0 bridgehead atoms. The van der Waals surface area contributed by atoms with Gasteiger partial charge in [-0.2, -0.15) is 18.4 Å². The van der Waals surface area contributed by atoms with E-state index in [0.717, 1.165) is 6.07 Å². The van der Waals surface area contributed by atoms with Crippen LogP contribution in [-0.4, -0.2) is 15.3 Å². The number of para-hydroxylation sites is 1. The zero-order chi connectivity index (χ0) is 21.9. The van der Waals surface area contributed by atoms with E-state index in [4.69, 9.17) is 5.26 Å². The average Bonchev–Trinajstić information content (AvgIpc) is 3.05. The van der Waals surface area contributed by atoms with Crippen molar-refractivity contribution in [1.29, 1.82) is 5.26 Å². The van der Waals surface area contributed by atoms with E-state index in [2.05, 4.69) is 4.98 Å². The third-order valence-corrected chi connectivity index (χ3v) is 5.23. The van der Waals surface area contributed by atoms with Gasteiger partial charge in [0.05, 0.1) is 39.3 Å². The van der Waals surface area contributed by atoms with E-state index in [1.165, 1.54) is 34.9 Å². The summed E-state index contributed by atoms with van der Waals surface area (Å²) in [5.41, 5.74) is -0.690. The first-order valence-corrected chi connectivity index (χ1v) is 9.12. The van der Waals surface area contributed by atoms with Crippen molar-refractivity contribution in [1.82, 2.24) is 9.55 Å². The summed E-state index contributed by atoms with van der Waals surface area (Å²) in [6.45, 7) is 0. The Labute approximate surface area is 172 Å². The molecule has 0 unspecified atom stereocenters. The first kappa shape index (κ1) is 18.8. The predicted molar refractivity (Wildman–Crippen MR) is 106 cm³/mol. The lowest BCUT2D eigenvalue weighted by Gasteiger charge is -2.14. The number of hydrogen-bond donors (Lipinski definition) is 0. The van der Waals surface area contributed by atoms with Gasteiger partial charge in [0.15, 0.2) is 5.82 Å². The smallest absolute Gasteiger partial charge is 0.285 e. The van der Waals surface area contributed by atoms with Crippen LogP contribution in [0.3, 0.4) is 0 Å². The van der Waals surface area contributed by atoms with Crippen LogP contribution < -0.4 is 5.56 Å². The summed E-state index contributed by atoms with van der Waals surface area (Å²) < 4.78 is 42.0. The summed E-state index contributed by atoms with van der Waals surface area (Å²) in [4.78, 5) is 30.1. The van der Waals surface area contributed by atoms with Crippen LogP contribution in [0.4, 0.5) is 13.2 Å². The number of aromatic nitrogens is 2. The number of alkyl halides is 3. The third-order valence-electron chi connectivity index (χ3n) is 5.23. The highest BCUT2D eigenvalue weighted by atomic mass is 19.4. The van der Waals surface area contributed by atoms with E-state index in [9.17, 15) is 22.8 Å². The molecule has 8 heteroatoms. The zero-order valence-electron chi connectivity index (χ0n) is 15.6. The molecule has 5 rings (SSSR count). The van der Waals surface area contributed by atoms with Crippen LogP contribution in [0.25, 0.3) is 27.7 Å². The molecule has 3 aromatic carbocycles. The number of benzene rings is 3. The van der Waals surface area contributed by atoms with Crippen LogP contribution in [-0.2, 0) is 6.18 Å². The molecule has 0 N–H and O–H groups in total. The fourth-order valence-electron chi connectivity index (χ4n) is 3.81. The Hall–Kier alpha value is -4.25. The van der Waals surface area contributed by atoms with Gasteiger partial charge < -0.3 is 0 Å². The van der Waals surface area contributed by atoms with Crippen molar-refractivity contribution >= 4 is 16.7 Å². The van der Waals surface area contributed by atoms with Crippen LogP contribution >= 0.6 is 0 Å². The number of fused-ring (bicyclic) bond motifs is 4. The fraction of sp³-hybridized carbons (Fsp3) is 0.0435. The van der Waals surface area contributed by atoms with Crippen molar-refractivity contribution in [2.45, 2.75) is 6.18 Å². The van der Waals surface area contributed by atoms with Gasteiger partial charge in [0, 0.05) is 0 Å². The number of nitriles is 1.